The van der Waals surface area contributed by atoms with Crippen molar-refractivity contribution in [2.45, 2.75) is 44.2 Å². The first-order valence-electron chi connectivity index (χ1n) is 6.19. The fraction of sp³-hybridized carbons (Fsp3) is 0.500. The first kappa shape index (κ1) is 15.7. The summed E-state index contributed by atoms with van der Waals surface area (Å²) in [5.74, 6) is -0.574. The summed E-state index contributed by atoms with van der Waals surface area (Å²) >= 11 is 0. The Morgan fingerprint density at radius 2 is 1.74 bits per heavy atom. The Kier molecular flexibility index (Phi) is 4.74. The number of sulfone groups is 1. The van der Waals surface area contributed by atoms with Gasteiger partial charge in [0.15, 0.2) is 9.84 Å². The number of amides is 1. The zero-order chi connectivity index (χ0) is 14.7. The fourth-order valence-corrected chi connectivity index (χ4v) is 2.86. The van der Waals surface area contributed by atoms with Crippen LogP contribution in [0, 0.1) is 0 Å². The van der Waals surface area contributed by atoms with Crippen molar-refractivity contribution in [1.82, 2.24) is 5.32 Å². The standard InChI is InChI=1S/C14H21NO3S/c1-11(13(16)15-14(2,3)4)19(17,18)10-12-8-6-5-7-9-12/h5-9,11H,10H2,1-4H3,(H,15,16)/t11-/m0/s1. The molecular weight excluding hydrogens is 262 g/mol. The third-order valence-electron chi connectivity index (χ3n) is 2.62. The molecule has 0 aromatic heterocycles. The van der Waals surface area contributed by atoms with Crippen LogP contribution in [0.15, 0.2) is 30.3 Å². The zero-order valence-electron chi connectivity index (χ0n) is 11.8. The predicted octanol–water partition coefficient (Wildman–Crippen LogP) is 1.90. The van der Waals surface area contributed by atoms with Gasteiger partial charge in [-0.15, -0.1) is 0 Å². The number of carbonyl (C=O) groups excluding carboxylic acids is 1. The van der Waals surface area contributed by atoms with Crippen LogP contribution in [0.5, 0.6) is 0 Å². The Balaban J connectivity index is 2.80. The highest BCUT2D eigenvalue weighted by Gasteiger charge is 2.30. The Morgan fingerprint density at radius 3 is 2.21 bits per heavy atom. The average molecular weight is 283 g/mol. The molecule has 0 fully saturated rings. The second-order valence-corrected chi connectivity index (χ2v) is 8.00. The van der Waals surface area contributed by atoms with Gasteiger partial charge in [-0.1, -0.05) is 30.3 Å². The molecule has 1 N–H and O–H groups in total. The highest BCUT2D eigenvalue weighted by molar-refractivity contribution is 7.92. The summed E-state index contributed by atoms with van der Waals surface area (Å²) in [6.07, 6.45) is 0. The largest absolute Gasteiger partial charge is 0.350 e. The van der Waals surface area contributed by atoms with Crippen molar-refractivity contribution in [3.8, 4) is 0 Å². The van der Waals surface area contributed by atoms with Crippen molar-refractivity contribution in [3.05, 3.63) is 35.9 Å². The van der Waals surface area contributed by atoms with Crippen LogP contribution in [-0.4, -0.2) is 25.1 Å². The molecule has 1 amide bonds. The van der Waals surface area contributed by atoms with E-state index in [2.05, 4.69) is 5.32 Å². The normalized spacial score (nSPS) is 13.9. The van der Waals surface area contributed by atoms with Crippen molar-refractivity contribution in [1.29, 1.82) is 0 Å². The monoisotopic (exact) mass is 283 g/mol. The highest BCUT2D eigenvalue weighted by Crippen LogP contribution is 2.12. The van der Waals surface area contributed by atoms with Gasteiger partial charge in [0.1, 0.15) is 5.25 Å². The van der Waals surface area contributed by atoms with E-state index in [4.69, 9.17) is 0 Å². The van der Waals surface area contributed by atoms with Gasteiger partial charge in [-0.05, 0) is 33.3 Å². The van der Waals surface area contributed by atoms with E-state index in [9.17, 15) is 13.2 Å². The molecule has 0 saturated heterocycles. The maximum atomic E-state index is 12.2. The van der Waals surface area contributed by atoms with Crippen molar-refractivity contribution in [3.63, 3.8) is 0 Å². The van der Waals surface area contributed by atoms with Gasteiger partial charge in [-0.25, -0.2) is 8.42 Å². The number of hydrogen-bond donors (Lipinski definition) is 1. The molecule has 0 heterocycles. The molecule has 1 rings (SSSR count). The smallest absolute Gasteiger partial charge is 0.238 e. The van der Waals surface area contributed by atoms with Crippen LogP contribution >= 0.6 is 0 Å². The Bertz CT molecular complexity index is 530. The van der Waals surface area contributed by atoms with Gasteiger partial charge in [0.05, 0.1) is 5.75 Å². The summed E-state index contributed by atoms with van der Waals surface area (Å²) in [4.78, 5) is 11.9. The minimum Gasteiger partial charge on any atom is -0.350 e. The number of hydrogen-bond acceptors (Lipinski definition) is 3. The number of rotatable bonds is 4. The van der Waals surface area contributed by atoms with Gasteiger partial charge in [-0.2, -0.15) is 0 Å². The third-order valence-corrected chi connectivity index (χ3v) is 4.64. The molecule has 4 nitrogen and oxygen atoms in total. The van der Waals surface area contributed by atoms with Crippen molar-refractivity contribution in [2.75, 3.05) is 0 Å². The van der Waals surface area contributed by atoms with E-state index in [0.717, 1.165) is 0 Å². The van der Waals surface area contributed by atoms with Gasteiger partial charge in [0.25, 0.3) is 0 Å². The maximum absolute atomic E-state index is 12.2. The van der Waals surface area contributed by atoms with E-state index in [0.29, 0.717) is 5.56 Å². The Hall–Kier alpha value is -1.36. The van der Waals surface area contributed by atoms with Gasteiger partial charge in [0.2, 0.25) is 5.91 Å². The molecule has 0 unspecified atom stereocenters. The lowest BCUT2D eigenvalue weighted by atomic mass is 10.1. The molecule has 0 saturated carbocycles. The number of nitrogens with one attached hydrogen (secondary N) is 1. The zero-order valence-corrected chi connectivity index (χ0v) is 12.6. The van der Waals surface area contributed by atoms with Crippen molar-refractivity contribution >= 4 is 15.7 Å². The number of benzene rings is 1. The molecule has 0 spiro atoms. The summed E-state index contributed by atoms with van der Waals surface area (Å²) in [7, 11) is -3.50. The van der Waals surface area contributed by atoms with E-state index in [1.807, 2.05) is 26.8 Å². The van der Waals surface area contributed by atoms with Gasteiger partial charge in [-0.3, -0.25) is 4.79 Å². The Labute approximate surface area is 115 Å². The Morgan fingerprint density at radius 1 is 1.21 bits per heavy atom. The summed E-state index contributed by atoms with van der Waals surface area (Å²) in [5.41, 5.74) is 0.256. The highest BCUT2D eigenvalue weighted by atomic mass is 32.2. The molecule has 0 radical (unpaired) electrons. The lowest BCUT2D eigenvalue weighted by Gasteiger charge is -2.23. The summed E-state index contributed by atoms with van der Waals surface area (Å²) in [6, 6.07) is 8.87. The first-order valence-corrected chi connectivity index (χ1v) is 7.91. The second-order valence-electron chi connectivity index (χ2n) is 5.67. The summed E-state index contributed by atoms with van der Waals surface area (Å²) < 4.78 is 24.3. The van der Waals surface area contributed by atoms with E-state index >= 15 is 0 Å². The van der Waals surface area contributed by atoms with Gasteiger partial charge >= 0.3 is 0 Å². The van der Waals surface area contributed by atoms with E-state index < -0.39 is 26.5 Å². The van der Waals surface area contributed by atoms with Crippen LogP contribution in [0.1, 0.15) is 33.3 Å². The molecule has 5 heteroatoms. The van der Waals surface area contributed by atoms with E-state index in [1.54, 1.807) is 24.3 Å². The number of carbonyl (C=O) groups is 1. The van der Waals surface area contributed by atoms with Crippen LogP contribution in [0.3, 0.4) is 0 Å². The van der Waals surface area contributed by atoms with Gasteiger partial charge in [0, 0.05) is 5.54 Å². The minimum atomic E-state index is -3.50. The van der Waals surface area contributed by atoms with Crippen molar-refractivity contribution < 1.29 is 13.2 Å². The maximum Gasteiger partial charge on any atom is 0.238 e. The third kappa shape index (κ3) is 5.03. The van der Waals surface area contributed by atoms with E-state index in [1.165, 1.54) is 6.92 Å². The molecule has 0 aliphatic heterocycles. The minimum absolute atomic E-state index is 0.118. The van der Waals surface area contributed by atoms with Gasteiger partial charge < -0.3 is 5.32 Å². The van der Waals surface area contributed by atoms with Crippen LogP contribution in [0.25, 0.3) is 0 Å². The van der Waals surface area contributed by atoms with E-state index in [-0.39, 0.29) is 5.75 Å². The molecular formula is C14H21NO3S. The molecule has 0 bridgehead atoms. The summed E-state index contributed by atoms with van der Waals surface area (Å²) in [6.45, 7) is 6.89. The van der Waals surface area contributed by atoms with Crippen LogP contribution < -0.4 is 5.32 Å². The van der Waals surface area contributed by atoms with Crippen LogP contribution in [-0.2, 0) is 20.4 Å². The molecule has 19 heavy (non-hydrogen) atoms. The van der Waals surface area contributed by atoms with Crippen molar-refractivity contribution in [2.24, 2.45) is 0 Å². The van der Waals surface area contributed by atoms with Crippen LogP contribution in [0.2, 0.25) is 0 Å². The average Bonchev–Trinajstić information content (AvgIpc) is 2.26. The molecule has 1 atom stereocenters. The lowest BCUT2D eigenvalue weighted by Crippen LogP contribution is -2.47. The SMILES string of the molecule is C[C@@H](C(=O)NC(C)(C)C)S(=O)(=O)Cc1ccccc1. The molecule has 0 aliphatic carbocycles. The molecule has 1 aromatic rings. The molecule has 1 aromatic carbocycles. The lowest BCUT2D eigenvalue weighted by molar-refractivity contribution is -0.121. The first-order chi connectivity index (χ1) is 8.62. The fourth-order valence-electron chi connectivity index (χ4n) is 1.57. The topological polar surface area (TPSA) is 63.2 Å². The molecule has 106 valence electrons. The van der Waals surface area contributed by atoms with Crippen LogP contribution in [0.4, 0.5) is 0 Å². The predicted molar refractivity (Wildman–Crippen MR) is 76.4 cm³/mol. The molecule has 0 aliphatic rings. The summed E-state index contributed by atoms with van der Waals surface area (Å²) in [5, 5.41) is 1.64. The second kappa shape index (κ2) is 5.74. The quantitative estimate of drug-likeness (QED) is 0.918.